The van der Waals surface area contributed by atoms with Crippen molar-refractivity contribution < 1.29 is 22.4 Å². The summed E-state index contributed by atoms with van der Waals surface area (Å²) in [6.45, 7) is 4.11. The summed E-state index contributed by atoms with van der Waals surface area (Å²) >= 11 is 0. The van der Waals surface area contributed by atoms with Crippen LogP contribution in [-0.2, 0) is 17.5 Å². The van der Waals surface area contributed by atoms with Crippen molar-refractivity contribution >= 4 is 5.78 Å². The van der Waals surface area contributed by atoms with Crippen LogP contribution < -0.4 is 0 Å². The van der Waals surface area contributed by atoms with Crippen LogP contribution in [0.15, 0.2) is 6.20 Å². The maximum atomic E-state index is 16.4. The molecule has 8 atom stereocenters. The van der Waals surface area contributed by atoms with Gasteiger partial charge in [-0.1, -0.05) is 13.8 Å². The molecule has 1 aromatic rings. The predicted octanol–water partition coefficient (Wildman–Crippen LogP) is 6.34. The van der Waals surface area contributed by atoms with Crippen LogP contribution in [0.25, 0.3) is 0 Å². The van der Waals surface area contributed by atoms with E-state index in [9.17, 15) is 18.0 Å². The SMILES string of the molecule is C[C@H]1CC[C@]2(F)C3CC[C@@]4(C)C(CC[C@@H]4C(=O)Cn4cc(C#N)c(C(F)(F)F)n4)C3CC[C@@H]2C1. The van der Waals surface area contributed by atoms with E-state index >= 15 is 4.39 Å². The molecule has 4 aliphatic rings. The van der Waals surface area contributed by atoms with Crippen molar-refractivity contribution in [2.45, 2.75) is 90.0 Å². The number of hydrogen-bond acceptors (Lipinski definition) is 3. The summed E-state index contributed by atoms with van der Waals surface area (Å²) < 4.78 is 56.9. The summed E-state index contributed by atoms with van der Waals surface area (Å²) in [5.74, 6) is 1.02. The van der Waals surface area contributed by atoms with Gasteiger partial charge in [-0.2, -0.15) is 23.5 Å². The van der Waals surface area contributed by atoms with Crippen molar-refractivity contribution in [3.8, 4) is 6.07 Å². The normalized spacial score (nSPS) is 41.8. The van der Waals surface area contributed by atoms with E-state index in [0.29, 0.717) is 18.8 Å². The molecule has 3 unspecified atom stereocenters. The maximum Gasteiger partial charge on any atom is 0.436 e. The number of ketones is 1. The van der Waals surface area contributed by atoms with Gasteiger partial charge >= 0.3 is 6.18 Å². The Labute approximate surface area is 198 Å². The Morgan fingerprint density at radius 2 is 1.94 bits per heavy atom. The molecule has 0 radical (unpaired) electrons. The Morgan fingerprint density at radius 3 is 2.62 bits per heavy atom. The van der Waals surface area contributed by atoms with Crippen molar-refractivity contribution in [1.29, 1.82) is 5.26 Å². The first kappa shape index (κ1) is 23.8. The second-order valence-corrected chi connectivity index (χ2v) is 11.8. The van der Waals surface area contributed by atoms with Crippen molar-refractivity contribution in [3.05, 3.63) is 17.5 Å². The lowest BCUT2D eigenvalue weighted by Crippen LogP contribution is -2.56. The third kappa shape index (κ3) is 3.60. The Morgan fingerprint density at radius 1 is 1.18 bits per heavy atom. The molecule has 5 rings (SSSR count). The molecule has 4 saturated carbocycles. The first-order valence-corrected chi connectivity index (χ1v) is 12.7. The molecular formula is C26H33F4N3O. The summed E-state index contributed by atoms with van der Waals surface area (Å²) in [6, 6.07) is 1.53. The van der Waals surface area contributed by atoms with Crippen molar-refractivity contribution in [1.82, 2.24) is 9.78 Å². The summed E-state index contributed by atoms with van der Waals surface area (Å²) in [6.07, 6.45) is 3.99. The van der Waals surface area contributed by atoms with Gasteiger partial charge < -0.3 is 0 Å². The molecule has 0 N–H and O–H groups in total. The number of nitriles is 1. The smallest absolute Gasteiger partial charge is 0.297 e. The number of carbonyl (C=O) groups excluding carboxylic acids is 1. The number of nitrogens with zero attached hydrogens (tertiary/aromatic N) is 3. The molecule has 0 spiro atoms. The Bertz CT molecular complexity index is 1010. The van der Waals surface area contributed by atoms with Gasteiger partial charge in [-0.15, -0.1) is 0 Å². The zero-order valence-electron chi connectivity index (χ0n) is 19.9. The number of alkyl halides is 4. The van der Waals surface area contributed by atoms with Crippen LogP contribution in [0, 0.1) is 52.3 Å². The molecule has 4 aliphatic carbocycles. The van der Waals surface area contributed by atoms with E-state index in [1.807, 2.05) is 0 Å². The van der Waals surface area contributed by atoms with Crippen LogP contribution in [0.1, 0.15) is 82.9 Å². The summed E-state index contributed by atoms with van der Waals surface area (Å²) in [5.41, 5.74) is -3.13. The molecule has 1 heterocycles. The molecule has 0 aromatic carbocycles. The van der Waals surface area contributed by atoms with E-state index in [1.54, 1.807) is 0 Å². The highest BCUT2D eigenvalue weighted by molar-refractivity contribution is 5.82. The molecule has 0 saturated heterocycles. The molecule has 0 bridgehead atoms. The molecule has 4 fully saturated rings. The number of halogens is 4. The van der Waals surface area contributed by atoms with Gasteiger partial charge in [0.05, 0.1) is 6.54 Å². The monoisotopic (exact) mass is 479 g/mol. The molecule has 0 amide bonds. The highest BCUT2D eigenvalue weighted by Gasteiger charge is 2.62. The maximum absolute atomic E-state index is 16.4. The second kappa shape index (κ2) is 8.06. The first-order valence-electron chi connectivity index (χ1n) is 12.7. The van der Waals surface area contributed by atoms with Crippen molar-refractivity contribution in [2.24, 2.45) is 40.9 Å². The highest BCUT2D eigenvalue weighted by atomic mass is 19.4. The van der Waals surface area contributed by atoms with Crippen LogP contribution in [0.3, 0.4) is 0 Å². The van der Waals surface area contributed by atoms with Gasteiger partial charge in [0.2, 0.25) is 0 Å². The van der Waals surface area contributed by atoms with Gasteiger partial charge in [0.1, 0.15) is 17.3 Å². The molecule has 186 valence electrons. The average Bonchev–Trinajstić information content (AvgIpc) is 3.34. The minimum atomic E-state index is -4.74. The molecular weight excluding hydrogens is 446 g/mol. The van der Waals surface area contributed by atoms with E-state index < -0.39 is 23.1 Å². The Hall–Kier alpha value is -1.91. The predicted molar refractivity (Wildman–Crippen MR) is 117 cm³/mol. The standard InChI is InChI=1S/C26H33F4N3O/c1-15-7-10-25(27)17(11-15)3-4-18-19-5-6-21(24(19,2)9-8-20(18)25)22(34)14-33-13-16(12-31)23(32-33)26(28,29)30/h13,15,17-21H,3-11,14H2,1-2H3/t15-,17+,18?,19?,20?,21+,24-,25+/m0/s1. The van der Waals surface area contributed by atoms with Crippen molar-refractivity contribution in [3.63, 3.8) is 0 Å². The summed E-state index contributed by atoms with van der Waals surface area (Å²) in [4.78, 5) is 13.3. The van der Waals surface area contributed by atoms with Crippen molar-refractivity contribution in [2.75, 3.05) is 0 Å². The highest BCUT2D eigenvalue weighted by Crippen LogP contribution is 2.66. The zero-order chi connectivity index (χ0) is 24.5. The van der Waals surface area contributed by atoms with Gasteiger partial charge in [-0.3, -0.25) is 9.48 Å². The van der Waals surface area contributed by atoms with Gasteiger partial charge in [0.25, 0.3) is 0 Å². The quantitative estimate of drug-likeness (QED) is 0.476. The van der Waals surface area contributed by atoms with Gasteiger partial charge in [-0.25, -0.2) is 4.39 Å². The van der Waals surface area contributed by atoms with Gasteiger partial charge in [0.15, 0.2) is 11.5 Å². The lowest BCUT2D eigenvalue weighted by Gasteiger charge is -2.58. The van der Waals surface area contributed by atoms with Crippen LogP contribution in [-0.4, -0.2) is 21.2 Å². The molecule has 4 nitrogen and oxygen atoms in total. The number of rotatable bonds is 3. The van der Waals surface area contributed by atoms with E-state index in [-0.39, 0.29) is 47.3 Å². The Balaban J connectivity index is 1.33. The van der Waals surface area contributed by atoms with E-state index in [1.165, 1.54) is 6.07 Å². The van der Waals surface area contributed by atoms with Crippen LogP contribution in [0.5, 0.6) is 0 Å². The van der Waals surface area contributed by atoms with E-state index in [0.717, 1.165) is 55.8 Å². The minimum Gasteiger partial charge on any atom is -0.297 e. The zero-order valence-corrected chi connectivity index (χ0v) is 19.9. The van der Waals surface area contributed by atoms with Crippen LogP contribution in [0.2, 0.25) is 0 Å². The minimum absolute atomic E-state index is 0.0734. The lowest BCUT2D eigenvalue weighted by molar-refractivity contribution is -0.147. The molecule has 34 heavy (non-hydrogen) atoms. The topological polar surface area (TPSA) is 58.7 Å². The summed E-state index contributed by atoms with van der Waals surface area (Å²) in [5, 5.41) is 12.6. The number of carbonyl (C=O) groups is 1. The average molecular weight is 480 g/mol. The fraction of sp³-hybridized carbons (Fsp3) is 0.808. The van der Waals surface area contributed by atoms with Crippen LogP contribution >= 0.6 is 0 Å². The third-order valence-corrected chi connectivity index (χ3v) is 10.1. The fourth-order valence-corrected chi connectivity index (χ4v) is 8.59. The Kier molecular flexibility index (Phi) is 5.65. The third-order valence-electron chi connectivity index (χ3n) is 10.1. The second-order valence-electron chi connectivity index (χ2n) is 11.8. The number of fused-ring (bicyclic) bond motifs is 5. The van der Waals surface area contributed by atoms with E-state index in [4.69, 9.17) is 5.26 Å². The summed E-state index contributed by atoms with van der Waals surface area (Å²) in [7, 11) is 0. The largest absolute Gasteiger partial charge is 0.436 e. The number of Topliss-reactive ketones (excluding diaryl/α,β-unsaturated/α-hetero) is 1. The number of aromatic nitrogens is 2. The fourth-order valence-electron chi connectivity index (χ4n) is 8.59. The van der Waals surface area contributed by atoms with E-state index in [2.05, 4.69) is 18.9 Å². The molecule has 1 aromatic heterocycles. The molecule has 8 heteroatoms. The first-order chi connectivity index (χ1) is 16.0. The lowest BCUT2D eigenvalue weighted by atomic mass is 9.48. The van der Waals surface area contributed by atoms with Gasteiger partial charge in [-0.05, 0) is 92.8 Å². The number of hydrogen-bond donors (Lipinski definition) is 0. The van der Waals surface area contributed by atoms with Crippen LogP contribution in [0.4, 0.5) is 17.6 Å². The van der Waals surface area contributed by atoms with Gasteiger partial charge in [0, 0.05) is 12.1 Å². The molecule has 0 aliphatic heterocycles.